The van der Waals surface area contributed by atoms with Gasteiger partial charge >= 0.3 is 5.97 Å². The van der Waals surface area contributed by atoms with Gasteiger partial charge in [-0.15, -0.1) is 0 Å². The highest BCUT2D eigenvalue weighted by molar-refractivity contribution is 6.11. The lowest BCUT2D eigenvalue weighted by atomic mass is 10.2. The lowest BCUT2D eigenvalue weighted by Gasteiger charge is -2.26. The maximum atomic E-state index is 12.5. The molecule has 2 N–H and O–H groups in total. The maximum Gasteiger partial charge on any atom is 0.356 e. The van der Waals surface area contributed by atoms with Crippen LogP contribution in [0.1, 0.15) is 23.8 Å². The number of aromatic nitrogens is 1. The van der Waals surface area contributed by atoms with Gasteiger partial charge in [-0.05, 0) is 25.1 Å². The minimum Gasteiger partial charge on any atom is -0.497 e. The molecular weight excluding hydrogens is 350 g/mol. The molecule has 2 aromatic rings. The number of fused-ring (bicyclic) bond motifs is 1. The number of benzene rings is 1. The first-order valence-corrected chi connectivity index (χ1v) is 9.09. The molecule has 0 aliphatic carbocycles. The van der Waals surface area contributed by atoms with Gasteiger partial charge in [-0.1, -0.05) is 0 Å². The predicted molar refractivity (Wildman–Crippen MR) is 101 cm³/mol. The Kier molecular flexibility index (Phi) is 6.31. The van der Waals surface area contributed by atoms with Gasteiger partial charge in [0.15, 0.2) is 0 Å². The lowest BCUT2D eigenvalue weighted by molar-refractivity contribution is -0.116. The zero-order valence-electron chi connectivity index (χ0n) is 15.7. The summed E-state index contributed by atoms with van der Waals surface area (Å²) in [6.45, 7) is 5.67. The van der Waals surface area contributed by atoms with Crippen LogP contribution in [0.2, 0.25) is 0 Å². The highest BCUT2D eigenvalue weighted by Gasteiger charge is 2.21. The largest absolute Gasteiger partial charge is 0.497 e. The average molecular weight is 375 g/mol. The van der Waals surface area contributed by atoms with Crippen molar-refractivity contribution in [3.05, 3.63) is 23.9 Å². The SMILES string of the molecule is CCOC(=O)c1[nH]c2ccc(OC)cc2c1NC(=O)CCN1CCOCC1. The highest BCUT2D eigenvalue weighted by atomic mass is 16.5. The fourth-order valence-corrected chi connectivity index (χ4v) is 3.07. The van der Waals surface area contributed by atoms with E-state index in [4.69, 9.17) is 14.2 Å². The third-order valence-electron chi connectivity index (χ3n) is 4.51. The van der Waals surface area contributed by atoms with Crippen molar-refractivity contribution in [1.29, 1.82) is 0 Å². The van der Waals surface area contributed by atoms with E-state index in [2.05, 4.69) is 15.2 Å². The molecule has 0 unspecified atom stereocenters. The number of hydrogen-bond donors (Lipinski definition) is 2. The van der Waals surface area contributed by atoms with E-state index in [9.17, 15) is 9.59 Å². The number of carbonyl (C=O) groups is 2. The van der Waals surface area contributed by atoms with E-state index in [0.29, 0.717) is 43.0 Å². The minimum atomic E-state index is -0.504. The van der Waals surface area contributed by atoms with Crippen LogP contribution >= 0.6 is 0 Å². The van der Waals surface area contributed by atoms with Gasteiger partial charge < -0.3 is 24.5 Å². The van der Waals surface area contributed by atoms with E-state index >= 15 is 0 Å². The Bertz CT molecular complexity index is 811. The van der Waals surface area contributed by atoms with Crippen LogP contribution in [0.3, 0.4) is 0 Å². The van der Waals surface area contributed by atoms with Crippen LogP contribution in [0.5, 0.6) is 5.75 Å². The average Bonchev–Trinajstić information content (AvgIpc) is 3.05. The van der Waals surface area contributed by atoms with Crippen LogP contribution in [0.15, 0.2) is 18.2 Å². The second kappa shape index (κ2) is 8.88. The van der Waals surface area contributed by atoms with Gasteiger partial charge in [-0.25, -0.2) is 4.79 Å². The third kappa shape index (κ3) is 4.58. The summed E-state index contributed by atoms with van der Waals surface area (Å²) in [4.78, 5) is 30.1. The van der Waals surface area contributed by atoms with Crippen molar-refractivity contribution in [2.75, 3.05) is 51.9 Å². The molecular formula is C19H25N3O5. The fourth-order valence-electron chi connectivity index (χ4n) is 3.07. The number of methoxy groups -OCH3 is 1. The number of carbonyl (C=O) groups excluding carboxylic acids is 2. The number of ether oxygens (including phenoxy) is 3. The monoisotopic (exact) mass is 375 g/mol. The minimum absolute atomic E-state index is 0.157. The first-order valence-electron chi connectivity index (χ1n) is 9.09. The molecule has 146 valence electrons. The summed E-state index contributed by atoms with van der Waals surface area (Å²) in [5.41, 5.74) is 1.39. The van der Waals surface area contributed by atoms with Crippen LogP contribution in [0, 0.1) is 0 Å². The normalized spacial score (nSPS) is 14.9. The number of amides is 1. The standard InChI is InChI=1S/C19H25N3O5/c1-3-27-19(24)18-17(14-12-13(25-2)4-5-15(14)20-18)21-16(23)6-7-22-8-10-26-11-9-22/h4-5,12,20H,3,6-11H2,1-2H3,(H,21,23). The van der Waals surface area contributed by atoms with E-state index in [1.54, 1.807) is 32.2 Å². The molecule has 1 aliphatic heterocycles. The molecule has 0 bridgehead atoms. The maximum absolute atomic E-state index is 12.5. The van der Waals surface area contributed by atoms with Crippen molar-refractivity contribution >= 4 is 28.5 Å². The zero-order chi connectivity index (χ0) is 19.2. The molecule has 1 aromatic carbocycles. The summed E-state index contributed by atoms with van der Waals surface area (Å²) >= 11 is 0. The van der Waals surface area contributed by atoms with Gasteiger partial charge in [-0.2, -0.15) is 0 Å². The molecule has 2 heterocycles. The number of anilines is 1. The van der Waals surface area contributed by atoms with E-state index in [1.165, 1.54) is 0 Å². The summed E-state index contributed by atoms with van der Waals surface area (Å²) in [6, 6.07) is 5.38. The summed E-state index contributed by atoms with van der Waals surface area (Å²) in [6.07, 6.45) is 0.332. The lowest BCUT2D eigenvalue weighted by Crippen LogP contribution is -2.38. The number of esters is 1. The molecule has 1 saturated heterocycles. The summed E-state index contributed by atoms with van der Waals surface area (Å²) < 4.78 is 15.7. The van der Waals surface area contributed by atoms with Crippen molar-refractivity contribution in [3.8, 4) is 5.75 Å². The van der Waals surface area contributed by atoms with E-state index in [0.717, 1.165) is 18.6 Å². The Morgan fingerprint density at radius 2 is 2.07 bits per heavy atom. The third-order valence-corrected chi connectivity index (χ3v) is 4.51. The van der Waals surface area contributed by atoms with Gasteiger partial charge in [-0.3, -0.25) is 9.69 Å². The van der Waals surface area contributed by atoms with Crippen molar-refractivity contribution in [2.24, 2.45) is 0 Å². The number of rotatable bonds is 7. The number of H-pyrrole nitrogens is 1. The van der Waals surface area contributed by atoms with Crippen LogP contribution in [-0.4, -0.2) is 68.3 Å². The Labute approximate surface area is 157 Å². The number of nitrogens with one attached hydrogen (secondary N) is 2. The van der Waals surface area contributed by atoms with Gasteiger partial charge in [0.2, 0.25) is 5.91 Å². The number of hydrogen-bond acceptors (Lipinski definition) is 6. The fraction of sp³-hybridized carbons (Fsp3) is 0.474. The Hall–Kier alpha value is -2.58. The zero-order valence-corrected chi connectivity index (χ0v) is 15.7. The number of aromatic amines is 1. The van der Waals surface area contributed by atoms with Crippen molar-refractivity contribution in [1.82, 2.24) is 9.88 Å². The van der Waals surface area contributed by atoms with E-state index in [-0.39, 0.29) is 18.2 Å². The molecule has 1 aliphatic rings. The van der Waals surface area contributed by atoms with Crippen molar-refractivity contribution in [2.45, 2.75) is 13.3 Å². The Morgan fingerprint density at radius 1 is 1.30 bits per heavy atom. The summed E-state index contributed by atoms with van der Waals surface area (Å²) in [5.74, 6) is -0.0207. The molecule has 0 spiro atoms. The van der Waals surface area contributed by atoms with Crippen LogP contribution in [0.4, 0.5) is 5.69 Å². The predicted octanol–water partition coefficient (Wildman–Crippen LogP) is 2.01. The second-order valence-electron chi connectivity index (χ2n) is 6.26. The van der Waals surface area contributed by atoms with E-state index < -0.39 is 5.97 Å². The molecule has 3 rings (SSSR count). The quantitative estimate of drug-likeness (QED) is 0.719. The Morgan fingerprint density at radius 3 is 2.78 bits per heavy atom. The molecule has 0 atom stereocenters. The molecule has 1 amide bonds. The van der Waals surface area contributed by atoms with E-state index in [1.807, 2.05) is 0 Å². The Balaban J connectivity index is 1.80. The molecule has 0 radical (unpaired) electrons. The van der Waals surface area contributed by atoms with Crippen molar-refractivity contribution < 1.29 is 23.8 Å². The molecule has 8 heteroatoms. The number of nitrogens with zero attached hydrogens (tertiary/aromatic N) is 1. The van der Waals surface area contributed by atoms with Gasteiger partial charge in [0.05, 0.1) is 32.6 Å². The topological polar surface area (TPSA) is 92.9 Å². The van der Waals surface area contributed by atoms with Crippen LogP contribution in [-0.2, 0) is 14.3 Å². The molecule has 1 aromatic heterocycles. The molecule has 1 fully saturated rings. The highest BCUT2D eigenvalue weighted by Crippen LogP contribution is 2.31. The molecule has 0 saturated carbocycles. The van der Waals surface area contributed by atoms with Crippen molar-refractivity contribution in [3.63, 3.8) is 0 Å². The smallest absolute Gasteiger partial charge is 0.356 e. The van der Waals surface area contributed by atoms with Gasteiger partial charge in [0.25, 0.3) is 0 Å². The first kappa shape index (κ1) is 19.2. The summed E-state index contributed by atoms with van der Waals surface area (Å²) in [5, 5.41) is 3.58. The second-order valence-corrected chi connectivity index (χ2v) is 6.26. The number of morpholine rings is 1. The molecule has 8 nitrogen and oxygen atoms in total. The van der Waals surface area contributed by atoms with Crippen LogP contribution < -0.4 is 10.1 Å². The first-order chi connectivity index (χ1) is 13.1. The summed E-state index contributed by atoms with van der Waals surface area (Å²) in [7, 11) is 1.57. The van der Waals surface area contributed by atoms with Gasteiger partial charge in [0, 0.05) is 37.0 Å². The molecule has 27 heavy (non-hydrogen) atoms. The van der Waals surface area contributed by atoms with Gasteiger partial charge in [0.1, 0.15) is 11.4 Å². The van der Waals surface area contributed by atoms with Crippen LogP contribution in [0.25, 0.3) is 10.9 Å².